The molecule has 3 aromatic carbocycles. The van der Waals surface area contributed by atoms with E-state index in [-0.39, 0.29) is 30.0 Å². The summed E-state index contributed by atoms with van der Waals surface area (Å²) in [5.41, 5.74) is 1.20. The Kier molecular flexibility index (Phi) is 12.7. The number of rotatable bonds is 13. The Bertz CT molecular complexity index is 1430. The number of carbonyl (C=O) groups excluding carboxylic acids is 3. The average molecular weight is 638 g/mol. The number of para-hydroxylation sites is 2. The molecule has 0 aromatic heterocycles. The average Bonchev–Trinajstić information content (AvgIpc) is 2.97. The van der Waals surface area contributed by atoms with Gasteiger partial charge in [-0.05, 0) is 69.5 Å². The van der Waals surface area contributed by atoms with Crippen molar-refractivity contribution in [1.82, 2.24) is 10.2 Å². The summed E-state index contributed by atoms with van der Waals surface area (Å²) in [5, 5.41) is 26.7. The maximum Gasteiger partial charge on any atom is 0.408 e. The Morgan fingerprint density at radius 3 is 2.24 bits per heavy atom. The quantitative estimate of drug-likeness (QED) is 0.146. The Morgan fingerprint density at radius 1 is 0.933 bits per heavy atom. The predicted molar refractivity (Wildman–Crippen MR) is 176 cm³/mol. The van der Waals surface area contributed by atoms with E-state index in [4.69, 9.17) is 16.3 Å². The van der Waals surface area contributed by atoms with Crippen molar-refractivity contribution in [2.45, 2.75) is 84.4 Å². The second-order valence-corrected chi connectivity index (χ2v) is 12.5. The van der Waals surface area contributed by atoms with E-state index in [0.29, 0.717) is 22.7 Å². The third kappa shape index (κ3) is 10.4. The molecule has 0 heterocycles. The third-order valence-electron chi connectivity index (χ3n) is 7.16. The van der Waals surface area contributed by atoms with Gasteiger partial charge < -0.3 is 30.5 Å². The second kappa shape index (κ2) is 16.2. The highest BCUT2D eigenvalue weighted by atomic mass is 35.5. The van der Waals surface area contributed by atoms with E-state index in [2.05, 4.69) is 17.6 Å². The van der Waals surface area contributed by atoms with Crippen molar-refractivity contribution in [3.8, 4) is 11.5 Å². The van der Waals surface area contributed by atoms with Gasteiger partial charge in [-0.1, -0.05) is 80.3 Å². The number of nitrogens with one attached hydrogen (secondary N) is 2. The molecule has 2 atom stereocenters. The molecule has 10 heteroatoms. The number of phenolic OH excluding ortho intramolecular Hbond substituents is 2. The molecule has 0 aliphatic heterocycles. The SMILES string of the molecule is CCCCCCN(C(=O)C(Cc1ccc(O)cc1)NC(=O)OC(C)(C)C)C(C(=O)Nc1c(C)cccc1Cl)c1ccccc1O. The van der Waals surface area contributed by atoms with Gasteiger partial charge in [-0.3, -0.25) is 9.59 Å². The van der Waals surface area contributed by atoms with Gasteiger partial charge in [0.1, 0.15) is 29.2 Å². The summed E-state index contributed by atoms with van der Waals surface area (Å²) < 4.78 is 5.49. The number of aryl methyl sites for hydroxylation is 1. The first-order valence-corrected chi connectivity index (χ1v) is 15.6. The van der Waals surface area contributed by atoms with Crippen molar-refractivity contribution in [3.05, 3.63) is 88.4 Å². The Morgan fingerprint density at radius 2 is 1.62 bits per heavy atom. The molecular formula is C35H44ClN3O6. The number of halogens is 1. The molecule has 0 aliphatic rings. The monoisotopic (exact) mass is 637 g/mol. The molecule has 4 N–H and O–H groups in total. The highest BCUT2D eigenvalue weighted by Crippen LogP contribution is 2.33. The third-order valence-corrected chi connectivity index (χ3v) is 7.48. The number of alkyl carbamates (subject to hydrolysis) is 1. The van der Waals surface area contributed by atoms with Gasteiger partial charge >= 0.3 is 6.09 Å². The Labute approximate surface area is 270 Å². The van der Waals surface area contributed by atoms with Gasteiger partial charge in [0.05, 0.1) is 10.7 Å². The zero-order valence-electron chi connectivity index (χ0n) is 26.6. The molecule has 2 unspecified atom stereocenters. The van der Waals surface area contributed by atoms with Gasteiger partial charge in [-0.2, -0.15) is 0 Å². The zero-order chi connectivity index (χ0) is 33.1. The molecule has 45 heavy (non-hydrogen) atoms. The van der Waals surface area contributed by atoms with Crippen LogP contribution in [0, 0.1) is 6.92 Å². The lowest BCUT2D eigenvalue weighted by molar-refractivity contribution is -0.141. The minimum Gasteiger partial charge on any atom is -0.508 e. The maximum atomic E-state index is 14.6. The van der Waals surface area contributed by atoms with Crippen molar-refractivity contribution in [3.63, 3.8) is 0 Å². The number of amides is 3. The number of hydrogen-bond donors (Lipinski definition) is 4. The van der Waals surface area contributed by atoms with Crippen molar-refractivity contribution in [1.29, 1.82) is 0 Å². The number of hydrogen-bond acceptors (Lipinski definition) is 6. The van der Waals surface area contributed by atoms with Crippen LogP contribution in [0.25, 0.3) is 0 Å². The van der Waals surface area contributed by atoms with E-state index in [1.54, 1.807) is 63.2 Å². The lowest BCUT2D eigenvalue weighted by Gasteiger charge is -2.35. The summed E-state index contributed by atoms with van der Waals surface area (Å²) in [4.78, 5) is 43.3. The van der Waals surface area contributed by atoms with Crippen LogP contribution in [0.3, 0.4) is 0 Å². The fraction of sp³-hybridized carbons (Fsp3) is 0.400. The fourth-order valence-corrected chi connectivity index (χ4v) is 5.21. The van der Waals surface area contributed by atoms with Crippen LogP contribution in [0.5, 0.6) is 11.5 Å². The molecule has 0 aliphatic carbocycles. The molecule has 3 aromatic rings. The Balaban J connectivity index is 2.11. The first-order chi connectivity index (χ1) is 21.3. The summed E-state index contributed by atoms with van der Waals surface area (Å²) in [7, 11) is 0. The molecule has 0 saturated carbocycles. The molecule has 0 bridgehead atoms. The van der Waals surface area contributed by atoms with Crippen molar-refractivity contribution in [2.24, 2.45) is 0 Å². The summed E-state index contributed by atoms with van der Waals surface area (Å²) >= 11 is 6.45. The topological polar surface area (TPSA) is 128 Å². The number of carbonyl (C=O) groups is 3. The highest BCUT2D eigenvalue weighted by Gasteiger charge is 2.37. The molecule has 0 fully saturated rings. The standard InChI is InChI=1S/C35H44ClN3O6/c1-6-7-8-11-21-39(33(43)28(37-34(44)45-35(3,4)5)22-24-17-19-25(40)20-18-24)31(26-14-9-10-16-29(26)41)32(42)38-30-23(2)13-12-15-27(30)36/h9-10,12-20,28,31,40-41H,6-8,11,21-22H2,1-5H3,(H,37,44)(H,38,42). The van der Waals surface area contributed by atoms with E-state index < -0.39 is 35.6 Å². The number of nitrogens with zero attached hydrogens (tertiary/aromatic N) is 1. The van der Waals surface area contributed by atoms with Gasteiger partial charge in [0.25, 0.3) is 5.91 Å². The lowest BCUT2D eigenvalue weighted by atomic mass is 9.98. The van der Waals surface area contributed by atoms with E-state index in [0.717, 1.165) is 24.8 Å². The van der Waals surface area contributed by atoms with Crippen LogP contribution in [0.1, 0.15) is 76.1 Å². The number of benzene rings is 3. The van der Waals surface area contributed by atoms with E-state index in [9.17, 15) is 24.6 Å². The number of aromatic hydroxyl groups is 2. The van der Waals surface area contributed by atoms with Crippen molar-refractivity contribution >= 4 is 35.2 Å². The van der Waals surface area contributed by atoms with E-state index in [1.807, 2.05) is 13.0 Å². The van der Waals surface area contributed by atoms with Gasteiger partial charge in [-0.15, -0.1) is 0 Å². The van der Waals surface area contributed by atoms with Crippen LogP contribution < -0.4 is 10.6 Å². The number of unbranched alkanes of at least 4 members (excludes halogenated alkanes) is 3. The molecule has 0 spiro atoms. The summed E-state index contributed by atoms with van der Waals surface area (Å²) in [5.74, 6) is -1.21. The van der Waals surface area contributed by atoms with Crippen LogP contribution in [0.2, 0.25) is 5.02 Å². The first-order valence-electron chi connectivity index (χ1n) is 15.2. The van der Waals surface area contributed by atoms with E-state index in [1.165, 1.54) is 23.1 Å². The summed E-state index contributed by atoms with van der Waals surface area (Å²) in [6.45, 7) is 9.22. The molecule has 9 nitrogen and oxygen atoms in total. The molecule has 3 amide bonds. The largest absolute Gasteiger partial charge is 0.508 e. The second-order valence-electron chi connectivity index (χ2n) is 12.0. The zero-order valence-corrected chi connectivity index (χ0v) is 27.4. The van der Waals surface area contributed by atoms with E-state index >= 15 is 0 Å². The van der Waals surface area contributed by atoms with Crippen molar-refractivity contribution in [2.75, 3.05) is 11.9 Å². The van der Waals surface area contributed by atoms with Crippen LogP contribution in [0.4, 0.5) is 10.5 Å². The van der Waals surface area contributed by atoms with Crippen molar-refractivity contribution < 1.29 is 29.3 Å². The molecule has 3 rings (SSSR count). The molecule has 0 saturated heterocycles. The van der Waals surface area contributed by atoms with Crippen LogP contribution in [-0.4, -0.2) is 51.2 Å². The van der Waals surface area contributed by atoms with Crippen LogP contribution >= 0.6 is 11.6 Å². The minimum atomic E-state index is -1.27. The highest BCUT2D eigenvalue weighted by molar-refractivity contribution is 6.34. The minimum absolute atomic E-state index is 0.0581. The maximum absolute atomic E-state index is 14.6. The number of ether oxygens (including phenoxy) is 1. The molecular weight excluding hydrogens is 594 g/mol. The fourth-order valence-electron chi connectivity index (χ4n) is 4.94. The van der Waals surface area contributed by atoms with Gasteiger partial charge in [0.15, 0.2) is 0 Å². The smallest absolute Gasteiger partial charge is 0.408 e. The predicted octanol–water partition coefficient (Wildman–Crippen LogP) is 7.28. The number of phenols is 2. The first kappa shape index (κ1) is 35.2. The normalized spacial score (nSPS) is 12.6. The number of anilines is 1. The van der Waals surface area contributed by atoms with Crippen LogP contribution in [-0.2, 0) is 20.7 Å². The van der Waals surface area contributed by atoms with Gasteiger partial charge in [0.2, 0.25) is 5.91 Å². The van der Waals surface area contributed by atoms with Gasteiger partial charge in [0, 0.05) is 18.5 Å². The summed E-state index contributed by atoms with van der Waals surface area (Å²) in [6, 6.07) is 15.5. The lowest BCUT2D eigenvalue weighted by Crippen LogP contribution is -2.53. The molecule has 0 radical (unpaired) electrons. The Hall–Kier alpha value is -4.24. The van der Waals surface area contributed by atoms with Crippen LogP contribution in [0.15, 0.2) is 66.7 Å². The molecule has 242 valence electrons. The summed E-state index contributed by atoms with van der Waals surface area (Å²) in [6.07, 6.45) is 2.55. The van der Waals surface area contributed by atoms with Gasteiger partial charge in [-0.25, -0.2) is 4.79 Å².